The van der Waals surface area contributed by atoms with E-state index in [1.807, 2.05) is 44.2 Å². The molecule has 1 aromatic carbocycles. The molecule has 0 saturated carbocycles. The van der Waals surface area contributed by atoms with E-state index in [1.54, 1.807) is 6.92 Å². The van der Waals surface area contributed by atoms with E-state index in [4.69, 9.17) is 0 Å². The lowest BCUT2D eigenvalue weighted by Gasteiger charge is -2.05. The third-order valence-electron chi connectivity index (χ3n) is 3.27. The molecule has 3 aromatic rings. The number of carbonyl (C=O) groups excluding carboxylic acids is 1. The molecule has 0 aliphatic carbocycles. The van der Waals surface area contributed by atoms with Gasteiger partial charge in [0.2, 0.25) is 0 Å². The fourth-order valence-electron chi connectivity index (χ4n) is 2.39. The molecule has 4 heteroatoms. The summed E-state index contributed by atoms with van der Waals surface area (Å²) in [6, 6.07) is 10.0. The fourth-order valence-corrected chi connectivity index (χ4v) is 3.51. The van der Waals surface area contributed by atoms with Gasteiger partial charge in [-0.1, -0.05) is 30.3 Å². The van der Waals surface area contributed by atoms with Gasteiger partial charge in [-0.05, 0) is 26.3 Å². The summed E-state index contributed by atoms with van der Waals surface area (Å²) in [7, 11) is 0. The van der Waals surface area contributed by atoms with Crippen LogP contribution in [0.15, 0.2) is 30.3 Å². The number of fused-ring (bicyclic) bond motifs is 1. The Balaban J connectivity index is 2.40. The van der Waals surface area contributed by atoms with Crippen molar-refractivity contribution in [2.24, 2.45) is 0 Å². The Bertz CT molecular complexity index is 806. The predicted octanol–water partition coefficient (Wildman–Crippen LogP) is 4.18. The molecule has 2 heterocycles. The Kier molecular flexibility index (Phi) is 3.10. The Hall–Kier alpha value is -2.07. The van der Waals surface area contributed by atoms with Crippen LogP contribution in [0.5, 0.6) is 0 Å². The highest BCUT2D eigenvalue weighted by Crippen LogP contribution is 2.35. The first kappa shape index (κ1) is 12.9. The fraction of sp³-hybridized carbons (Fsp3) is 0.188. The number of hydrogen-bond donors (Lipinski definition) is 0. The van der Waals surface area contributed by atoms with Crippen molar-refractivity contribution in [1.82, 2.24) is 9.97 Å². The first-order valence-electron chi connectivity index (χ1n) is 6.42. The maximum atomic E-state index is 11.7. The minimum atomic E-state index is 0.0853. The standard InChI is InChI=1S/C16H14N2OS/c1-9-13-14(12-7-5-4-6-8-12)17-11(3)18-16(13)20-15(9)10(2)19/h4-8H,1-3H3. The second-order valence-corrected chi connectivity index (χ2v) is 5.78. The van der Waals surface area contributed by atoms with Crippen molar-refractivity contribution in [3.05, 3.63) is 46.6 Å². The lowest BCUT2D eigenvalue weighted by atomic mass is 10.1. The molecule has 0 spiro atoms. The van der Waals surface area contributed by atoms with E-state index in [-0.39, 0.29) is 5.78 Å². The molecule has 0 fully saturated rings. The van der Waals surface area contributed by atoms with E-state index >= 15 is 0 Å². The molecule has 0 aliphatic rings. The first-order valence-corrected chi connectivity index (χ1v) is 7.23. The summed E-state index contributed by atoms with van der Waals surface area (Å²) in [5.74, 6) is 0.815. The molecule has 100 valence electrons. The third-order valence-corrected chi connectivity index (χ3v) is 4.56. The van der Waals surface area contributed by atoms with Crippen LogP contribution in [0.4, 0.5) is 0 Å². The van der Waals surface area contributed by atoms with Crippen LogP contribution in [-0.2, 0) is 0 Å². The van der Waals surface area contributed by atoms with Gasteiger partial charge in [0.25, 0.3) is 0 Å². The Morgan fingerprint density at radius 2 is 1.80 bits per heavy atom. The molecule has 3 nitrogen and oxygen atoms in total. The summed E-state index contributed by atoms with van der Waals surface area (Å²) in [4.78, 5) is 22.5. The summed E-state index contributed by atoms with van der Waals surface area (Å²) in [5, 5.41) is 0.997. The van der Waals surface area contributed by atoms with Gasteiger partial charge in [-0.15, -0.1) is 11.3 Å². The highest BCUT2D eigenvalue weighted by molar-refractivity contribution is 7.20. The highest BCUT2D eigenvalue weighted by atomic mass is 32.1. The molecule has 0 radical (unpaired) electrons. The van der Waals surface area contributed by atoms with E-state index in [0.29, 0.717) is 0 Å². The van der Waals surface area contributed by atoms with Crippen molar-refractivity contribution in [3.63, 3.8) is 0 Å². The summed E-state index contributed by atoms with van der Waals surface area (Å²) < 4.78 is 0. The molecule has 0 aliphatic heterocycles. The largest absolute Gasteiger partial charge is 0.294 e. The lowest BCUT2D eigenvalue weighted by Crippen LogP contribution is -1.93. The molecular weight excluding hydrogens is 268 g/mol. The van der Waals surface area contributed by atoms with Crippen molar-refractivity contribution in [1.29, 1.82) is 0 Å². The number of ketones is 1. The van der Waals surface area contributed by atoms with Crippen LogP contribution in [-0.4, -0.2) is 15.8 Å². The van der Waals surface area contributed by atoms with E-state index in [1.165, 1.54) is 11.3 Å². The van der Waals surface area contributed by atoms with Crippen LogP contribution in [0, 0.1) is 13.8 Å². The Labute approximate surface area is 121 Å². The van der Waals surface area contributed by atoms with E-state index in [2.05, 4.69) is 9.97 Å². The zero-order valence-corrected chi connectivity index (χ0v) is 12.4. The van der Waals surface area contributed by atoms with E-state index in [9.17, 15) is 4.79 Å². The van der Waals surface area contributed by atoms with Gasteiger partial charge in [0.1, 0.15) is 10.7 Å². The van der Waals surface area contributed by atoms with Gasteiger partial charge in [-0.2, -0.15) is 0 Å². The highest BCUT2D eigenvalue weighted by Gasteiger charge is 2.18. The van der Waals surface area contributed by atoms with Gasteiger partial charge in [-0.3, -0.25) is 4.79 Å². The van der Waals surface area contributed by atoms with Gasteiger partial charge in [0.05, 0.1) is 10.6 Å². The number of Topliss-reactive ketones (excluding diaryl/α,β-unsaturated/α-hetero) is 1. The van der Waals surface area contributed by atoms with Crippen molar-refractivity contribution < 1.29 is 4.79 Å². The number of benzene rings is 1. The van der Waals surface area contributed by atoms with Crippen LogP contribution in [0.25, 0.3) is 21.5 Å². The van der Waals surface area contributed by atoms with Gasteiger partial charge >= 0.3 is 0 Å². The number of aryl methyl sites for hydroxylation is 2. The number of hydrogen-bond acceptors (Lipinski definition) is 4. The van der Waals surface area contributed by atoms with Crippen LogP contribution in [0.3, 0.4) is 0 Å². The van der Waals surface area contributed by atoms with E-state index in [0.717, 1.165) is 37.7 Å². The van der Waals surface area contributed by atoms with Gasteiger partial charge < -0.3 is 0 Å². The van der Waals surface area contributed by atoms with Gasteiger partial charge in [-0.25, -0.2) is 9.97 Å². The average molecular weight is 282 g/mol. The van der Waals surface area contributed by atoms with Crippen LogP contribution < -0.4 is 0 Å². The SMILES string of the molecule is CC(=O)c1sc2nc(C)nc(-c3ccccc3)c2c1C. The minimum Gasteiger partial charge on any atom is -0.294 e. The summed E-state index contributed by atoms with van der Waals surface area (Å²) >= 11 is 1.45. The van der Waals surface area contributed by atoms with Crippen molar-refractivity contribution in [2.75, 3.05) is 0 Å². The molecule has 0 saturated heterocycles. The quantitative estimate of drug-likeness (QED) is 0.662. The Morgan fingerprint density at radius 3 is 2.45 bits per heavy atom. The molecule has 0 amide bonds. The normalized spacial score (nSPS) is 10.9. The second-order valence-electron chi connectivity index (χ2n) is 4.78. The smallest absolute Gasteiger partial charge is 0.170 e. The number of nitrogens with zero attached hydrogens (tertiary/aromatic N) is 2. The summed E-state index contributed by atoms with van der Waals surface area (Å²) in [5.41, 5.74) is 2.95. The molecule has 0 bridgehead atoms. The Morgan fingerprint density at radius 1 is 1.10 bits per heavy atom. The van der Waals surface area contributed by atoms with Crippen LogP contribution in [0.1, 0.15) is 28.0 Å². The molecule has 2 aromatic heterocycles. The van der Waals surface area contributed by atoms with Crippen molar-refractivity contribution >= 4 is 27.3 Å². The van der Waals surface area contributed by atoms with Gasteiger partial charge in [0, 0.05) is 10.9 Å². The molecule has 20 heavy (non-hydrogen) atoms. The maximum Gasteiger partial charge on any atom is 0.170 e. The predicted molar refractivity (Wildman–Crippen MR) is 82.3 cm³/mol. The van der Waals surface area contributed by atoms with Crippen molar-refractivity contribution in [3.8, 4) is 11.3 Å². The minimum absolute atomic E-state index is 0.0853. The lowest BCUT2D eigenvalue weighted by molar-refractivity contribution is 0.102. The molecular formula is C16H14N2OS. The van der Waals surface area contributed by atoms with Crippen LogP contribution >= 0.6 is 11.3 Å². The molecule has 0 atom stereocenters. The number of thiophene rings is 1. The monoisotopic (exact) mass is 282 g/mol. The summed E-state index contributed by atoms with van der Waals surface area (Å²) in [6.07, 6.45) is 0. The number of aromatic nitrogens is 2. The summed E-state index contributed by atoms with van der Waals surface area (Å²) in [6.45, 7) is 5.45. The average Bonchev–Trinajstić information content (AvgIpc) is 2.76. The third kappa shape index (κ3) is 2.02. The molecule has 0 N–H and O–H groups in total. The van der Waals surface area contributed by atoms with Crippen LogP contribution in [0.2, 0.25) is 0 Å². The first-order chi connectivity index (χ1) is 9.58. The maximum absolute atomic E-state index is 11.7. The zero-order valence-electron chi connectivity index (χ0n) is 11.6. The number of carbonyl (C=O) groups is 1. The molecule has 0 unspecified atom stereocenters. The van der Waals surface area contributed by atoms with Crippen molar-refractivity contribution in [2.45, 2.75) is 20.8 Å². The van der Waals surface area contributed by atoms with E-state index < -0.39 is 0 Å². The number of rotatable bonds is 2. The molecule has 3 rings (SSSR count). The van der Waals surface area contributed by atoms with Gasteiger partial charge in [0.15, 0.2) is 5.78 Å². The second kappa shape index (κ2) is 4.80. The zero-order chi connectivity index (χ0) is 14.3. The topological polar surface area (TPSA) is 42.9 Å².